The highest BCUT2D eigenvalue weighted by molar-refractivity contribution is 9.10. The Morgan fingerprint density at radius 1 is 1.39 bits per heavy atom. The number of benzene rings is 1. The summed E-state index contributed by atoms with van der Waals surface area (Å²) in [7, 11) is 1.73. The molecule has 4 heteroatoms. The van der Waals surface area contributed by atoms with Gasteiger partial charge in [0.1, 0.15) is 0 Å². The fourth-order valence-electron chi connectivity index (χ4n) is 1.95. The van der Waals surface area contributed by atoms with E-state index < -0.39 is 0 Å². The Kier molecular flexibility index (Phi) is 6.68. The van der Waals surface area contributed by atoms with Gasteiger partial charge in [0.15, 0.2) is 0 Å². The standard InChI is InChI=1S/C14H23BrN2O/c1-11(2)17(8-9-18-3)13-5-4-12(6-7-16)14(15)10-13/h4-5,10-11H,6-9,16H2,1-3H3. The fourth-order valence-corrected chi connectivity index (χ4v) is 2.51. The maximum absolute atomic E-state index is 5.59. The van der Waals surface area contributed by atoms with Gasteiger partial charge in [0.2, 0.25) is 0 Å². The summed E-state index contributed by atoms with van der Waals surface area (Å²) in [6, 6.07) is 6.92. The maximum atomic E-state index is 5.59. The summed E-state index contributed by atoms with van der Waals surface area (Å²) >= 11 is 3.62. The molecule has 0 aliphatic carbocycles. The molecule has 0 aromatic heterocycles. The highest BCUT2D eigenvalue weighted by Gasteiger charge is 2.11. The highest BCUT2D eigenvalue weighted by atomic mass is 79.9. The molecular formula is C14H23BrN2O. The average Bonchev–Trinajstić information content (AvgIpc) is 2.32. The molecule has 0 aliphatic heterocycles. The lowest BCUT2D eigenvalue weighted by Crippen LogP contribution is -2.33. The Hall–Kier alpha value is -0.580. The Morgan fingerprint density at radius 2 is 2.11 bits per heavy atom. The van der Waals surface area contributed by atoms with Crippen LogP contribution in [-0.2, 0) is 11.2 Å². The molecule has 0 amide bonds. The van der Waals surface area contributed by atoms with Crippen LogP contribution in [0.1, 0.15) is 19.4 Å². The third-order valence-electron chi connectivity index (χ3n) is 2.94. The molecule has 0 heterocycles. The molecular weight excluding hydrogens is 292 g/mol. The van der Waals surface area contributed by atoms with E-state index in [1.54, 1.807) is 7.11 Å². The van der Waals surface area contributed by atoms with Gasteiger partial charge in [-0.2, -0.15) is 0 Å². The van der Waals surface area contributed by atoms with Crippen LogP contribution in [0.3, 0.4) is 0 Å². The topological polar surface area (TPSA) is 38.5 Å². The lowest BCUT2D eigenvalue weighted by atomic mass is 10.1. The van der Waals surface area contributed by atoms with E-state index in [-0.39, 0.29) is 0 Å². The summed E-state index contributed by atoms with van der Waals surface area (Å²) in [5.41, 5.74) is 8.07. The van der Waals surface area contributed by atoms with Crippen molar-refractivity contribution in [3.05, 3.63) is 28.2 Å². The predicted molar refractivity (Wildman–Crippen MR) is 81.3 cm³/mol. The summed E-state index contributed by atoms with van der Waals surface area (Å²) in [5, 5.41) is 0. The number of anilines is 1. The maximum Gasteiger partial charge on any atom is 0.0637 e. The molecule has 1 aromatic rings. The van der Waals surface area contributed by atoms with Gasteiger partial charge in [0, 0.05) is 29.9 Å². The molecule has 0 unspecified atom stereocenters. The predicted octanol–water partition coefficient (Wildman–Crippen LogP) is 2.81. The van der Waals surface area contributed by atoms with Crippen molar-refractivity contribution in [2.24, 2.45) is 5.73 Å². The Balaban J connectivity index is 2.88. The number of halogens is 1. The van der Waals surface area contributed by atoms with Crippen molar-refractivity contribution in [2.45, 2.75) is 26.3 Å². The first-order chi connectivity index (χ1) is 8.60. The average molecular weight is 315 g/mol. The lowest BCUT2D eigenvalue weighted by molar-refractivity contribution is 0.204. The molecule has 0 bridgehead atoms. The van der Waals surface area contributed by atoms with E-state index in [2.05, 4.69) is 52.9 Å². The van der Waals surface area contributed by atoms with Crippen LogP contribution in [0.5, 0.6) is 0 Å². The smallest absolute Gasteiger partial charge is 0.0637 e. The first-order valence-corrected chi connectivity index (χ1v) is 7.13. The monoisotopic (exact) mass is 314 g/mol. The summed E-state index contributed by atoms with van der Waals surface area (Å²) < 4.78 is 6.30. The molecule has 0 radical (unpaired) electrons. The summed E-state index contributed by atoms with van der Waals surface area (Å²) in [5.74, 6) is 0. The zero-order valence-corrected chi connectivity index (χ0v) is 13.0. The fraction of sp³-hybridized carbons (Fsp3) is 0.571. The van der Waals surface area contributed by atoms with Crippen molar-refractivity contribution in [1.29, 1.82) is 0 Å². The van der Waals surface area contributed by atoms with E-state index in [9.17, 15) is 0 Å². The van der Waals surface area contributed by atoms with Crippen molar-refractivity contribution >= 4 is 21.6 Å². The van der Waals surface area contributed by atoms with Gasteiger partial charge in [-0.1, -0.05) is 22.0 Å². The van der Waals surface area contributed by atoms with E-state index in [0.29, 0.717) is 12.6 Å². The third-order valence-corrected chi connectivity index (χ3v) is 3.68. The number of nitrogens with two attached hydrogens (primary N) is 1. The summed E-state index contributed by atoms with van der Waals surface area (Å²) in [6.45, 7) is 6.70. The van der Waals surface area contributed by atoms with Crippen LogP contribution in [0, 0.1) is 0 Å². The third kappa shape index (κ3) is 4.26. The highest BCUT2D eigenvalue weighted by Crippen LogP contribution is 2.25. The van der Waals surface area contributed by atoms with Crippen LogP contribution in [0.4, 0.5) is 5.69 Å². The van der Waals surface area contributed by atoms with Crippen molar-refractivity contribution < 1.29 is 4.74 Å². The van der Waals surface area contributed by atoms with E-state index in [1.807, 2.05) is 0 Å². The number of ether oxygens (including phenoxy) is 1. The van der Waals surface area contributed by atoms with Crippen LogP contribution in [0.15, 0.2) is 22.7 Å². The van der Waals surface area contributed by atoms with Crippen LogP contribution in [0.25, 0.3) is 0 Å². The number of rotatable bonds is 7. The second-order valence-corrected chi connectivity index (χ2v) is 5.45. The Labute approximate surface area is 118 Å². The molecule has 0 atom stereocenters. The van der Waals surface area contributed by atoms with Crippen molar-refractivity contribution in [2.75, 3.05) is 31.7 Å². The zero-order valence-electron chi connectivity index (χ0n) is 11.4. The summed E-state index contributed by atoms with van der Waals surface area (Å²) in [6.07, 6.45) is 0.903. The van der Waals surface area contributed by atoms with Gasteiger partial charge in [-0.15, -0.1) is 0 Å². The Morgan fingerprint density at radius 3 is 2.61 bits per heavy atom. The largest absolute Gasteiger partial charge is 0.383 e. The lowest BCUT2D eigenvalue weighted by Gasteiger charge is -2.29. The number of methoxy groups -OCH3 is 1. The summed E-state index contributed by atoms with van der Waals surface area (Å²) in [4.78, 5) is 2.33. The van der Waals surface area contributed by atoms with Gasteiger partial charge in [-0.05, 0) is 44.5 Å². The van der Waals surface area contributed by atoms with Crippen LogP contribution >= 0.6 is 15.9 Å². The van der Waals surface area contributed by atoms with Gasteiger partial charge in [0.25, 0.3) is 0 Å². The molecule has 1 aromatic carbocycles. The van der Waals surface area contributed by atoms with Crippen LogP contribution in [-0.4, -0.2) is 32.8 Å². The normalized spacial score (nSPS) is 11.0. The molecule has 102 valence electrons. The molecule has 0 fully saturated rings. The van der Waals surface area contributed by atoms with Crippen molar-refractivity contribution in [1.82, 2.24) is 0 Å². The number of hydrogen-bond donors (Lipinski definition) is 1. The molecule has 3 nitrogen and oxygen atoms in total. The molecule has 18 heavy (non-hydrogen) atoms. The number of nitrogens with zero attached hydrogens (tertiary/aromatic N) is 1. The van der Waals surface area contributed by atoms with Crippen molar-refractivity contribution in [3.63, 3.8) is 0 Å². The molecule has 0 saturated carbocycles. The molecule has 0 spiro atoms. The van der Waals surface area contributed by atoms with Crippen LogP contribution in [0.2, 0.25) is 0 Å². The van der Waals surface area contributed by atoms with Crippen LogP contribution < -0.4 is 10.6 Å². The SMILES string of the molecule is COCCN(c1ccc(CCN)c(Br)c1)C(C)C. The minimum atomic E-state index is 0.451. The molecule has 2 N–H and O–H groups in total. The second-order valence-electron chi connectivity index (χ2n) is 4.59. The van der Waals surface area contributed by atoms with E-state index >= 15 is 0 Å². The van der Waals surface area contributed by atoms with Gasteiger partial charge in [0.05, 0.1) is 6.61 Å². The second kappa shape index (κ2) is 7.77. The van der Waals surface area contributed by atoms with Crippen molar-refractivity contribution in [3.8, 4) is 0 Å². The van der Waals surface area contributed by atoms with Gasteiger partial charge in [-0.3, -0.25) is 0 Å². The molecule has 1 rings (SSSR count). The quantitative estimate of drug-likeness (QED) is 0.841. The van der Waals surface area contributed by atoms with E-state index in [0.717, 1.165) is 24.0 Å². The van der Waals surface area contributed by atoms with Gasteiger partial charge < -0.3 is 15.4 Å². The first kappa shape index (κ1) is 15.5. The molecule has 0 aliphatic rings. The minimum Gasteiger partial charge on any atom is -0.383 e. The first-order valence-electron chi connectivity index (χ1n) is 6.34. The zero-order chi connectivity index (χ0) is 13.5. The Bertz CT molecular complexity index is 369. The minimum absolute atomic E-state index is 0.451. The van der Waals surface area contributed by atoms with Gasteiger partial charge >= 0.3 is 0 Å². The van der Waals surface area contributed by atoms with E-state index in [4.69, 9.17) is 10.5 Å². The van der Waals surface area contributed by atoms with E-state index in [1.165, 1.54) is 11.3 Å². The molecule has 0 saturated heterocycles. The van der Waals surface area contributed by atoms with Gasteiger partial charge in [-0.25, -0.2) is 0 Å². The number of hydrogen-bond acceptors (Lipinski definition) is 3.